The molecule has 8 aliphatic rings. The highest BCUT2D eigenvalue weighted by Gasteiger charge is 2.60. The average Bonchev–Trinajstić information content (AvgIpc) is 0.731. The van der Waals surface area contributed by atoms with Gasteiger partial charge in [0.1, 0.15) is 9.63 Å². The summed E-state index contributed by atoms with van der Waals surface area (Å²) in [6, 6.07) is 87.9. The molecule has 0 saturated heterocycles. The van der Waals surface area contributed by atoms with Crippen molar-refractivity contribution in [3.8, 4) is 0 Å². The smallest absolute Gasteiger partial charge is 0.376 e. The molecule has 8 bridgehead atoms. The van der Waals surface area contributed by atoms with E-state index in [4.69, 9.17) is 19.3 Å². The van der Waals surface area contributed by atoms with Crippen molar-refractivity contribution in [1.82, 2.24) is 0 Å². The molecule has 790 valence electrons. The highest BCUT2D eigenvalue weighted by Crippen LogP contribution is 2.63. The van der Waals surface area contributed by atoms with Crippen LogP contribution in [0.5, 0.6) is 0 Å². The van der Waals surface area contributed by atoms with Gasteiger partial charge >= 0.3 is 23.8 Å². The average molecular weight is 2190 g/mol. The van der Waals surface area contributed by atoms with Gasteiger partial charge in [-0.2, -0.15) is 17.6 Å². The Morgan fingerprint density at radius 3 is 0.692 bits per heavy atom. The normalized spacial score (nSPS) is 21.0. The van der Waals surface area contributed by atoms with Crippen LogP contribution >= 0.6 is 0 Å². The van der Waals surface area contributed by atoms with Crippen molar-refractivity contribution < 1.29 is 111 Å². The maximum Gasteiger partial charge on any atom is 0.376 e. The number of ether oxygens (including phenoxy) is 2. The Morgan fingerprint density at radius 1 is 0.371 bits per heavy atom. The molecule has 0 amide bonds. The number of nitrogens with one attached hydrogen (secondary N) is 1. The van der Waals surface area contributed by atoms with E-state index in [2.05, 4.69) is 391 Å². The van der Waals surface area contributed by atoms with E-state index in [-0.39, 0.29) is 131 Å². The van der Waals surface area contributed by atoms with Crippen LogP contribution in [0, 0.1) is 34.5 Å². The van der Waals surface area contributed by atoms with E-state index in [9.17, 15) is 54.5 Å². The first-order chi connectivity index (χ1) is 65.7. The molecule has 0 aromatic heterocycles. The van der Waals surface area contributed by atoms with Crippen molar-refractivity contribution >= 4 is 64.7 Å². The van der Waals surface area contributed by atoms with E-state index in [1.165, 1.54) is 118 Å². The molecule has 9 aromatic carbocycles. The highest BCUT2D eigenvalue weighted by atomic mass is 127. The van der Waals surface area contributed by atoms with Crippen LogP contribution < -0.4 is 28.9 Å². The molecular weight excluding hydrogens is 2020 g/mol. The summed E-state index contributed by atoms with van der Waals surface area (Å²) in [5.74, 6) is -8.06. The van der Waals surface area contributed by atoms with Crippen molar-refractivity contribution in [3.05, 3.63) is 270 Å². The van der Waals surface area contributed by atoms with Crippen LogP contribution in [-0.4, -0.2) is 123 Å². The number of hydrogen-bond donors (Lipinski definition) is 5. The molecule has 0 radical (unpaired) electrons. The van der Waals surface area contributed by atoms with Crippen molar-refractivity contribution in [2.45, 2.75) is 357 Å². The van der Waals surface area contributed by atoms with Gasteiger partial charge in [-0.05, 0) is 303 Å². The molecule has 8 aliphatic carbocycles. The molecule has 25 heteroatoms. The molecule has 4 atom stereocenters. The first kappa shape index (κ1) is 123. The Kier molecular flexibility index (Phi) is 43.6. The van der Waals surface area contributed by atoms with E-state index >= 15 is 0 Å². The van der Waals surface area contributed by atoms with Crippen molar-refractivity contribution in [1.29, 1.82) is 0 Å². The van der Waals surface area contributed by atoms with E-state index in [0.717, 1.165) is 64.2 Å². The molecule has 0 heterocycles. The zero-order chi connectivity index (χ0) is 106. The predicted molar refractivity (Wildman–Crippen MR) is 573 cm³/mol. The summed E-state index contributed by atoms with van der Waals surface area (Å²) in [6.07, 6.45) is 10.3. The molecule has 4 unspecified atom stereocenters. The van der Waals surface area contributed by atoms with Crippen LogP contribution in [0.1, 0.15) is 290 Å². The van der Waals surface area contributed by atoms with Gasteiger partial charge in [0, 0.05) is 36.2 Å². The number of alkyl halides is 4. The van der Waals surface area contributed by atoms with Crippen LogP contribution in [-0.2, 0) is 113 Å². The third kappa shape index (κ3) is 36.8. The molecule has 0 aliphatic heterocycles. The van der Waals surface area contributed by atoms with Crippen LogP contribution in [0.2, 0.25) is 0 Å². The lowest BCUT2D eigenvalue weighted by atomic mass is 9.48. The van der Waals surface area contributed by atoms with Crippen LogP contribution in [0.25, 0.3) is 0 Å². The van der Waals surface area contributed by atoms with Gasteiger partial charge < -0.3 is 57.7 Å². The largest absolute Gasteiger partial charge is 1.00 e. The molecule has 15 nitrogen and oxygen atoms in total. The SMILES string of the molecule is CC(C)(C)c1ccc([S+](c2ccccc2)c2ccc(C(C)(C)C)cc2)cc1.CC(C)(C)c1ccc([S+](c2ccccc2)c2ccc(C(C)(C)C)cc2)cc1.CC(C)(C)c1ccc([S+](c2ccccc2)c2ccc(C(C)(C)C)cc2)cc1.CC(F)(F)C(=O)OCC12CC3CC(CC(O)(C3)C1)C2.CC(F)(F)C(=O)OCC12CC3CC(CC(O)(C3)C1)C2.CCOS(=O)(=O)[O-].CCS(=O)(O)(CC)OO.CC[NH+](CC)CC.[I-]. The summed E-state index contributed by atoms with van der Waals surface area (Å²) in [5.41, 5.74) is 7.53. The molecule has 8 saturated carbocycles. The van der Waals surface area contributed by atoms with Gasteiger partial charge in [0.2, 0.25) is 10.4 Å². The Bertz CT molecular complexity index is 4940. The maximum atomic E-state index is 12.8. The lowest BCUT2D eigenvalue weighted by molar-refractivity contribution is -0.894. The van der Waals surface area contributed by atoms with Crippen molar-refractivity contribution in [2.75, 3.05) is 51.0 Å². The summed E-state index contributed by atoms with van der Waals surface area (Å²) in [7, 11) is -8.77. The number of esters is 2. The van der Waals surface area contributed by atoms with E-state index < -0.39 is 55.0 Å². The zero-order valence-electron chi connectivity index (χ0n) is 89.8. The second kappa shape index (κ2) is 50.7. The Hall–Kier alpha value is -6.80. The number of carbonyl (C=O) groups excluding carboxylic acids is 2. The molecule has 9 aromatic rings. The van der Waals surface area contributed by atoms with Crippen LogP contribution in [0.4, 0.5) is 17.6 Å². The lowest BCUT2D eigenvalue weighted by Gasteiger charge is -2.59. The summed E-state index contributed by atoms with van der Waals surface area (Å²) in [4.78, 5) is 36.4. The van der Waals surface area contributed by atoms with Gasteiger partial charge in [0.05, 0.1) is 83.3 Å². The van der Waals surface area contributed by atoms with E-state index in [0.29, 0.717) is 50.4 Å². The minimum absolute atomic E-state index is 0. The Balaban J connectivity index is 0.000000230. The molecule has 8 fully saturated rings. The predicted octanol–water partition coefficient (Wildman–Crippen LogP) is 24.3. The van der Waals surface area contributed by atoms with E-state index in [1.54, 1.807) is 4.90 Å². The fourth-order valence-corrected chi connectivity index (χ4v) is 27.6. The first-order valence-electron chi connectivity index (χ1n) is 50.5. The van der Waals surface area contributed by atoms with Gasteiger partial charge in [-0.1, -0.05) is 266 Å². The Morgan fingerprint density at radius 2 is 0.566 bits per heavy atom. The first-order valence-corrected chi connectivity index (χ1v) is 57.7. The molecular formula is C118H166F4INO14S5+2. The number of halogens is 5. The quantitative estimate of drug-likeness (QED) is 0.00586. The topological polar surface area (TPSA) is 231 Å². The third-order valence-electron chi connectivity index (χ3n) is 27.8. The second-order valence-corrected chi connectivity index (χ2v) is 57.0. The fraction of sp³-hybridized carbons (Fsp3) is 0.525. The van der Waals surface area contributed by atoms with Gasteiger partial charge in [0.25, 0.3) is 0 Å². The zero-order valence-corrected chi connectivity index (χ0v) is 96.0. The lowest BCUT2D eigenvalue weighted by Crippen LogP contribution is -3.11. The molecule has 17 rings (SSSR count). The fourth-order valence-electron chi connectivity index (χ4n) is 20.5. The monoisotopic (exact) mass is 2180 g/mol. The standard InChI is InChI=1S/3C26H31S.2C14H20F2O3.C6H15N.C4H12O4S.C2H6O4S.HI/c3*1-25(2,3)20-12-16-23(17-13-20)27(22-10-8-7-9-11-22)24-18-14-21(15-19-24)26(4,5)6;2*1-12(15,16)11(17)19-8-13-3-9-2-10(4-13)6-14(18,5-9)7-13;1-4-7(5-2)6-3;1-3-9(6,7,4-2)8-5;1-2-6-7(3,4)5;/h3*7-19H,1-6H3;2*9-10,18H,2-8H2,1H3;4-6H2,1-3H3;5H,3-4H2,1-2H3,(H,6,7);2H2,1H3,(H,3,4,5);1H/q3*+1;;;;;;/p-1. The molecule has 143 heavy (non-hydrogen) atoms. The van der Waals surface area contributed by atoms with Gasteiger partial charge in [-0.15, -0.1) is 4.33 Å². The van der Waals surface area contributed by atoms with Crippen molar-refractivity contribution in [3.63, 3.8) is 0 Å². The van der Waals surface area contributed by atoms with Crippen molar-refractivity contribution in [2.24, 2.45) is 34.5 Å². The highest BCUT2D eigenvalue weighted by molar-refractivity contribution is 8.10. The van der Waals surface area contributed by atoms with Crippen LogP contribution in [0.15, 0.2) is 281 Å². The molecule has 5 N–H and O–H groups in total. The number of benzene rings is 9. The Labute approximate surface area is 881 Å². The van der Waals surface area contributed by atoms with Gasteiger partial charge in [0.15, 0.2) is 44.1 Å². The number of rotatable bonds is 23. The number of quaternary nitrogens is 1. The van der Waals surface area contributed by atoms with Gasteiger partial charge in [-0.25, -0.2) is 27.5 Å². The number of hydrogen-bond acceptors (Lipinski definition) is 13. The summed E-state index contributed by atoms with van der Waals surface area (Å²) >= 11 is 0. The summed E-state index contributed by atoms with van der Waals surface area (Å²) in [6.45, 7) is 56.8. The van der Waals surface area contributed by atoms with E-state index in [1.807, 2.05) is 0 Å². The minimum Gasteiger partial charge on any atom is -1.00 e. The number of carbonyl (C=O) groups is 2. The minimum atomic E-state index is -4.42. The second-order valence-electron chi connectivity index (χ2n) is 46.2. The third-order valence-corrected chi connectivity index (χ3v) is 37.6. The molecule has 0 spiro atoms. The number of aliphatic hydroxyl groups is 2. The summed E-state index contributed by atoms with van der Waals surface area (Å²) < 4.78 is 116. The maximum absolute atomic E-state index is 12.8. The van der Waals surface area contributed by atoms with Crippen LogP contribution in [0.3, 0.4) is 0 Å². The van der Waals surface area contributed by atoms with Gasteiger partial charge in [-0.3, -0.25) is 4.18 Å². The summed E-state index contributed by atoms with van der Waals surface area (Å²) in [5, 5.41) is 29.0.